The van der Waals surface area contributed by atoms with Crippen molar-refractivity contribution in [2.45, 2.75) is 59.5 Å². The first kappa shape index (κ1) is 15.4. The van der Waals surface area contributed by atoms with Crippen molar-refractivity contribution >= 4 is 5.69 Å². The Labute approximate surface area is 124 Å². The van der Waals surface area contributed by atoms with Crippen LogP contribution in [0.1, 0.15) is 52.5 Å². The third-order valence-corrected chi connectivity index (χ3v) is 4.35. The Morgan fingerprint density at radius 3 is 2.65 bits per heavy atom. The largest absolute Gasteiger partial charge is 0.370 e. The molecule has 1 aliphatic rings. The van der Waals surface area contributed by atoms with Gasteiger partial charge >= 0.3 is 0 Å². The smallest absolute Gasteiger partial charge is 0.0412 e. The molecular formula is C18H30N2. The van der Waals surface area contributed by atoms with Gasteiger partial charge in [0.1, 0.15) is 0 Å². The molecule has 0 spiro atoms. The number of rotatable bonds is 4. The second kappa shape index (κ2) is 6.62. The molecule has 0 saturated heterocycles. The Hall–Kier alpha value is -1.02. The van der Waals surface area contributed by atoms with Gasteiger partial charge in [-0.05, 0) is 23.5 Å². The molecule has 1 unspecified atom stereocenters. The number of unbranched alkanes of at least 4 members (excludes halogenated alkanes) is 2. The van der Waals surface area contributed by atoms with Crippen molar-refractivity contribution in [3.8, 4) is 0 Å². The summed E-state index contributed by atoms with van der Waals surface area (Å²) in [7, 11) is 0. The lowest BCUT2D eigenvalue weighted by Gasteiger charge is -2.35. The highest BCUT2D eigenvalue weighted by atomic mass is 15.2. The van der Waals surface area contributed by atoms with Crippen LogP contribution in [0.2, 0.25) is 0 Å². The highest BCUT2D eigenvalue weighted by Crippen LogP contribution is 2.29. The van der Waals surface area contributed by atoms with Gasteiger partial charge < -0.3 is 10.2 Å². The quantitative estimate of drug-likeness (QED) is 0.828. The molecular weight excluding hydrogens is 244 g/mol. The monoisotopic (exact) mass is 274 g/mol. The summed E-state index contributed by atoms with van der Waals surface area (Å²) >= 11 is 0. The molecule has 1 aromatic carbocycles. The van der Waals surface area contributed by atoms with Crippen molar-refractivity contribution in [1.82, 2.24) is 5.32 Å². The molecule has 112 valence electrons. The van der Waals surface area contributed by atoms with Crippen LogP contribution in [-0.4, -0.2) is 19.1 Å². The number of fused-ring (bicyclic) bond motifs is 1. The van der Waals surface area contributed by atoms with Crippen LogP contribution in [0, 0.1) is 5.41 Å². The average molecular weight is 274 g/mol. The number of nitrogens with one attached hydrogen (secondary N) is 1. The normalized spacial score (nSPS) is 19.6. The van der Waals surface area contributed by atoms with Gasteiger partial charge in [-0.25, -0.2) is 0 Å². The molecule has 2 nitrogen and oxygen atoms in total. The van der Waals surface area contributed by atoms with Crippen LogP contribution < -0.4 is 10.2 Å². The van der Waals surface area contributed by atoms with Crippen LogP contribution >= 0.6 is 0 Å². The predicted octanol–water partition coefficient (Wildman–Crippen LogP) is 4.20. The predicted molar refractivity (Wildman–Crippen MR) is 88.3 cm³/mol. The van der Waals surface area contributed by atoms with E-state index in [1.165, 1.54) is 37.1 Å². The molecule has 0 aliphatic carbocycles. The van der Waals surface area contributed by atoms with Crippen molar-refractivity contribution in [2.24, 2.45) is 5.41 Å². The first-order chi connectivity index (χ1) is 9.52. The van der Waals surface area contributed by atoms with E-state index in [0.29, 0.717) is 11.5 Å². The standard InChI is InChI=1S/C18H30N2/c1-5-6-9-12-20-14-17(18(2,3)4)19-13-15-10-7-8-11-16(15)20/h7-8,10-11,17,19H,5-6,9,12-14H2,1-4H3. The van der Waals surface area contributed by atoms with E-state index in [4.69, 9.17) is 0 Å². The van der Waals surface area contributed by atoms with Crippen molar-refractivity contribution in [3.05, 3.63) is 29.8 Å². The summed E-state index contributed by atoms with van der Waals surface area (Å²) in [6.07, 6.45) is 3.91. The molecule has 20 heavy (non-hydrogen) atoms. The minimum atomic E-state index is 0.297. The van der Waals surface area contributed by atoms with E-state index < -0.39 is 0 Å². The Balaban J connectivity index is 2.18. The molecule has 1 aliphatic heterocycles. The molecule has 0 fully saturated rings. The van der Waals surface area contributed by atoms with Gasteiger partial charge in [-0.15, -0.1) is 0 Å². The molecule has 0 aromatic heterocycles. The van der Waals surface area contributed by atoms with Gasteiger partial charge in [0.05, 0.1) is 0 Å². The number of benzene rings is 1. The van der Waals surface area contributed by atoms with Gasteiger partial charge in [-0.1, -0.05) is 58.7 Å². The lowest BCUT2D eigenvalue weighted by Crippen LogP contribution is -2.46. The van der Waals surface area contributed by atoms with Crippen LogP contribution in [0.5, 0.6) is 0 Å². The zero-order chi connectivity index (χ0) is 14.6. The maximum atomic E-state index is 3.76. The number of anilines is 1. The van der Waals surface area contributed by atoms with Crippen LogP contribution in [0.15, 0.2) is 24.3 Å². The van der Waals surface area contributed by atoms with Crippen molar-refractivity contribution in [2.75, 3.05) is 18.0 Å². The van der Waals surface area contributed by atoms with Crippen LogP contribution in [0.3, 0.4) is 0 Å². The summed E-state index contributed by atoms with van der Waals surface area (Å²) in [5, 5.41) is 3.76. The van der Waals surface area contributed by atoms with Crippen LogP contribution in [-0.2, 0) is 6.54 Å². The summed E-state index contributed by atoms with van der Waals surface area (Å²) in [6, 6.07) is 9.41. The fourth-order valence-electron chi connectivity index (χ4n) is 2.93. The Morgan fingerprint density at radius 1 is 1.20 bits per heavy atom. The van der Waals surface area contributed by atoms with Crippen LogP contribution in [0.4, 0.5) is 5.69 Å². The number of para-hydroxylation sites is 1. The molecule has 1 heterocycles. The van der Waals surface area contributed by atoms with Gasteiger partial charge in [-0.3, -0.25) is 0 Å². The van der Waals surface area contributed by atoms with E-state index in [-0.39, 0.29) is 0 Å². The van der Waals surface area contributed by atoms with Crippen molar-refractivity contribution in [1.29, 1.82) is 0 Å². The zero-order valence-corrected chi connectivity index (χ0v) is 13.6. The average Bonchev–Trinajstić information content (AvgIpc) is 2.59. The lowest BCUT2D eigenvalue weighted by atomic mass is 9.86. The first-order valence-corrected chi connectivity index (χ1v) is 8.08. The van der Waals surface area contributed by atoms with Crippen molar-refractivity contribution < 1.29 is 0 Å². The molecule has 0 amide bonds. The number of hydrogen-bond acceptors (Lipinski definition) is 2. The highest BCUT2D eigenvalue weighted by Gasteiger charge is 2.29. The molecule has 2 rings (SSSR count). The highest BCUT2D eigenvalue weighted by molar-refractivity contribution is 5.54. The summed E-state index contributed by atoms with van der Waals surface area (Å²) in [5.41, 5.74) is 3.17. The van der Waals surface area contributed by atoms with Gasteiger partial charge in [-0.2, -0.15) is 0 Å². The third-order valence-electron chi connectivity index (χ3n) is 4.35. The van der Waals surface area contributed by atoms with Gasteiger partial charge in [0.15, 0.2) is 0 Å². The molecule has 1 atom stereocenters. The maximum absolute atomic E-state index is 3.76. The fourth-order valence-corrected chi connectivity index (χ4v) is 2.93. The van der Waals surface area contributed by atoms with E-state index in [2.05, 4.69) is 62.2 Å². The van der Waals surface area contributed by atoms with E-state index in [0.717, 1.165) is 13.1 Å². The minimum Gasteiger partial charge on any atom is -0.370 e. The summed E-state index contributed by atoms with van der Waals surface area (Å²) in [6.45, 7) is 12.6. The molecule has 0 saturated carbocycles. The summed E-state index contributed by atoms with van der Waals surface area (Å²) in [5.74, 6) is 0. The van der Waals surface area contributed by atoms with E-state index in [9.17, 15) is 0 Å². The third kappa shape index (κ3) is 3.76. The fraction of sp³-hybridized carbons (Fsp3) is 0.667. The number of hydrogen-bond donors (Lipinski definition) is 1. The van der Waals surface area contributed by atoms with E-state index >= 15 is 0 Å². The topological polar surface area (TPSA) is 15.3 Å². The first-order valence-electron chi connectivity index (χ1n) is 8.08. The Morgan fingerprint density at radius 2 is 1.95 bits per heavy atom. The van der Waals surface area contributed by atoms with E-state index in [1.54, 1.807) is 0 Å². The second-order valence-electron chi connectivity index (χ2n) is 7.08. The van der Waals surface area contributed by atoms with E-state index in [1.807, 2.05) is 0 Å². The second-order valence-corrected chi connectivity index (χ2v) is 7.08. The molecule has 2 heteroatoms. The van der Waals surface area contributed by atoms with Gasteiger partial charge in [0.25, 0.3) is 0 Å². The van der Waals surface area contributed by atoms with Crippen LogP contribution in [0.25, 0.3) is 0 Å². The SMILES string of the molecule is CCCCCN1CC(C(C)(C)C)NCc2ccccc21. The molecule has 1 aromatic rings. The number of nitrogens with zero attached hydrogens (tertiary/aromatic N) is 1. The minimum absolute atomic E-state index is 0.297. The summed E-state index contributed by atoms with van der Waals surface area (Å²) in [4.78, 5) is 2.60. The Kier molecular flexibility index (Phi) is 5.09. The molecule has 1 N–H and O–H groups in total. The van der Waals surface area contributed by atoms with Gasteiger partial charge in [0, 0.05) is 31.4 Å². The molecule has 0 radical (unpaired) electrons. The van der Waals surface area contributed by atoms with Gasteiger partial charge in [0.2, 0.25) is 0 Å². The van der Waals surface area contributed by atoms with Crippen molar-refractivity contribution in [3.63, 3.8) is 0 Å². The Bertz CT molecular complexity index is 420. The summed E-state index contributed by atoms with van der Waals surface area (Å²) < 4.78 is 0. The molecule has 0 bridgehead atoms. The zero-order valence-electron chi connectivity index (χ0n) is 13.6. The maximum Gasteiger partial charge on any atom is 0.0412 e. The lowest BCUT2D eigenvalue weighted by molar-refractivity contribution is 0.272.